The van der Waals surface area contributed by atoms with Crippen LogP contribution in [0.5, 0.6) is 0 Å². The summed E-state index contributed by atoms with van der Waals surface area (Å²) in [5.41, 5.74) is 2.68. The molecule has 1 N–H and O–H groups in total. The minimum atomic E-state index is 0.116. The molecule has 2 atom stereocenters. The highest BCUT2D eigenvalue weighted by Gasteiger charge is 2.30. The first-order valence-corrected chi connectivity index (χ1v) is 6.84. The Labute approximate surface area is 102 Å². The lowest BCUT2D eigenvalue weighted by Crippen LogP contribution is -2.24. The van der Waals surface area contributed by atoms with Gasteiger partial charge in [0.05, 0.1) is 11.1 Å². The van der Waals surface area contributed by atoms with Crippen LogP contribution in [0.2, 0.25) is 0 Å². The van der Waals surface area contributed by atoms with Gasteiger partial charge in [0.15, 0.2) is 0 Å². The summed E-state index contributed by atoms with van der Waals surface area (Å²) in [7, 11) is 2.00. The molecule has 0 aromatic carbocycles. The van der Waals surface area contributed by atoms with Crippen molar-refractivity contribution in [1.29, 1.82) is 0 Å². The zero-order valence-corrected chi connectivity index (χ0v) is 11.6. The van der Waals surface area contributed by atoms with Crippen LogP contribution < -0.4 is 5.32 Å². The molecule has 90 valence electrons. The molecule has 0 bridgehead atoms. The summed E-state index contributed by atoms with van der Waals surface area (Å²) in [6, 6.07) is 0.600. The zero-order chi connectivity index (χ0) is 11.9. The molecule has 1 aromatic heterocycles. The molecule has 1 fully saturated rings. The van der Waals surface area contributed by atoms with Gasteiger partial charge in [0.1, 0.15) is 0 Å². The van der Waals surface area contributed by atoms with Crippen molar-refractivity contribution in [3.63, 3.8) is 0 Å². The molecule has 4 heteroatoms. The van der Waals surface area contributed by atoms with E-state index in [1.807, 2.05) is 23.5 Å². The van der Waals surface area contributed by atoms with Gasteiger partial charge < -0.3 is 0 Å². The fourth-order valence-electron chi connectivity index (χ4n) is 2.06. The molecule has 2 rings (SSSR count). The van der Waals surface area contributed by atoms with Crippen LogP contribution in [0.3, 0.4) is 0 Å². The van der Waals surface area contributed by atoms with Crippen molar-refractivity contribution in [2.75, 3.05) is 5.75 Å². The van der Waals surface area contributed by atoms with E-state index in [4.69, 9.17) is 0 Å². The van der Waals surface area contributed by atoms with Crippen LogP contribution in [0.4, 0.5) is 0 Å². The maximum Gasteiger partial charge on any atom is 0.0825 e. The van der Waals surface area contributed by atoms with Gasteiger partial charge in [-0.15, -0.1) is 11.8 Å². The van der Waals surface area contributed by atoms with Gasteiger partial charge in [0.25, 0.3) is 0 Å². The Morgan fingerprint density at radius 2 is 2.19 bits per heavy atom. The Kier molecular flexibility index (Phi) is 3.05. The van der Waals surface area contributed by atoms with Gasteiger partial charge in [-0.1, -0.05) is 20.8 Å². The van der Waals surface area contributed by atoms with E-state index in [1.54, 1.807) is 0 Å². The van der Waals surface area contributed by atoms with Crippen LogP contribution in [0.1, 0.15) is 44.3 Å². The van der Waals surface area contributed by atoms with Crippen molar-refractivity contribution in [2.24, 2.45) is 7.05 Å². The van der Waals surface area contributed by atoms with Gasteiger partial charge in [-0.2, -0.15) is 5.10 Å². The number of hydrogen-bond donors (Lipinski definition) is 1. The molecule has 1 aliphatic heterocycles. The lowest BCUT2D eigenvalue weighted by Gasteiger charge is -2.20. The molecular weight excluding hydrogens is 218 g/mol. The van der Waals surface area contributed by atoms with Crippen LogP contribution in [0.25, 0.3) is 0 Å². The molecule has 0 amide bonds. The Bertz CT molecular complexity index is 378. The number of nitrogens with one attached hydrogen (secondary N) is 1. The van der Waals surface area contributed by atoms with E-state index >= 15 is 0 Å². The standard InChI is InChI=1S/C12H21N3S/c1-8-7-16-11(13-8)9-6-15(5)14-10(9)12(2,3)4/h6,8,11,13H,7H2,1-5H3. The van der Waals surface area contributed by atoms with E-state index in [0.717, 1.165) is 0 Å². The molecule has 3 nitrogen and oxygen atoms in total. The summed E-state index contributed by atoms with van der Waals surface area (Å²) in [5, 5.41) is 8.64. The lowest BCUT2D eigenvalue weighted by molar-refractivity contribution is 0.539. The number of rotatable bonds is 1. The van der Waals surface area contributed by atoms with Crippen molar-refractivity contribution in [1.82, 2.24) is 15.1 Å². The van der Waals surface area contributed by atoms with E-state index in [0.29, 0.717) is 11.4 Å². The van der Waals surface area contributed by atoms with Crippen molar-refractivity contribution < 1.29 is 0 Å². The zero-order valence-electron chi connectivity index (χ0n) is 10.7. The molecule has 16 heavy (non-hydrogen) atoms. The molecule has 0 radical (unpaired) electrons. The highest BCUT2D eigenvalue weighted by Crippen LogP contribution is 2.37. The largest absolute Gasteiger partial charge is 0.298 e. The van der Waals surface area contributed by atoms with E-state index in [2.05, 4.69) is 44.3 Å². The molecule has 0 spiro atoms. The minimum absolute atomic E-state index is 0.116. The summed E-state index contributed by atoms with van der Waals surface area (Å²) in [6.07, 6.45) is 2.16. The predicted molar refractivity (Wildman–Crippen MR) is 69.7 cm³/mol. The van der Waals surface area contributed by atoms with Gasteiger partial charge in [0.2, 0.25) is 0 Å². The normalized spacial score (nSPS) is 26.3. The number of hydrogen-bond acceptors (Lipinski definition) is 3. The van der Waals surface area contributed by atoms with Gasteiger partial charge in [0, 0.05) is 36.0 Å². The van der Waals surface area contributed by atoms with Gasteiger partial charge in [-0.3, -0.25) is 10.00 Å². The lowest BCUT2D eigenvalue weighted by atomic mass is 9.89. The first kappa shape index (κ1) is 12.0. The number of aryl methyl sites for hydroxylation is 1. The maximum absolute atomic E-state index is 4.61. The highest BCUT2D eigenvalue weighted by molar-refractivity contribution is 7.99. The molecule has 1 saturated heterocycles. The van der Waals surface area contributed by atoms with Crippen molar-refractivity contribution in [3.05, 3.63) is 17.5 Å². The molecule has 0 aliphatic carbocycles. The first-order chi connectivity index (χ1) is 7.38. The number of nitrogens with zero attached hydrogens (tertiary/aromatic N) is 2. The fourth-order valence-corrected chi connectivity index (χ4v) is 3.31. The van der Waals surface area contributed by atoms with E-state index in [1.165, 1.54) is 17.0 Å². The van der Waals surface area contributed by atoms with Gasteiger partial charge >= 0.3 is 0 Å². The van der Waals surface area contributed by atoms with Gasteiger partial charge in [-0.25, -0.2) is 0 Å². The summed E-state index contributed by atoms with van der Waals surface area (Å²) in [6.45, 7) is 8.91. The molecule has 2 unspecified atom stereocenters. The first-order valence-electron chi connectivity index (χ1n) is 5.79. The second-order valence-corrected chi connectivity index (χ2v) is 6.78. The SMILES string of the molecule is CC1CSC(c2cn(C)nc2C(C)(C)C)N1. The van der Waals surface area contributed by atoms with Crippen LogP contribution in [0, 0.1) is 0 Å². The summed E-state index contributed by atoms with van der Waals surface area (Å²) in [5.74, 6) is 1.18. The fraction of sp³-hybridized carbons (Fsp3) is 0.750. The molecule has 2 heterocycles. The summed E-state index contributed by atoms with van der Waals surface area (Å²) in [4.78, 5) is 0. The molecular formula is C12H21N3S. The molecule has 1 aromatic rings. The number of thioether (sulfide) groups is 1. The third kappa shape index (κ3) is 2.28. The van der Waals surface area contributed by atoms with Crippen molar-refractivity contribution in [3.8, 4) is 0 Å². The van der Waals surface area contributed by atoms with Crippen molar-refractivity contribution >= 4 is 11.8 Å². The Morgan fingerprint density at radius 3 is 2.69 bits per heavy atom. The summed E-state index contributed by atoms with van der Waals surface area (Å²) < 4.78 is 1.93. The van der Waals surface area contributed by atoms with Crippen LogP contribution in [0.15, 0.2) is 6.20 Å². The van der Waals surface area contributed by atoms with Crippen molar-refractivity contribution in [2.45, 2.75) is 44.5 Å². The topological polar surface area (TPSA) is 29.9 Å². The average molecular weight is 239 g/mol. The van der Waals surface area contributed by atoms with Crippen LogP contribution in [-0.4, -0.2) is 21.6 Å². The van der Waals surface area contributed by atoms with Crippen LogP contribution >= 0.6 is 11.8 Å². The second kappa shape index (κ2) is 4.08. The third-order valence-corrected chi connectivity index (χ3v) is 4.21. The van der Waals surface area contributed by atoms with E-state index in [9.17, 15) is 0 Å². The second-order valence-electron chi connectivity index (χ2n) is 5.64. The minimum Gasteiger partial charge on any atom is -0.298 e. The smallest absolute Gasteiger partial charge is 0.0825 e. The Hall–Kier alpha value is -0.480. The van der Waals surface area contributed by atoms with Crippen LogP contribution in [-0.2, 0) is 12.5 Å². The summed E-state index contributed by atoms with van der Waals surface area (Å²) >= 11 is 1.98. The Balaban J connectivity index is 2.33. The predicted octanol–water partition coefficient (Wildman–Crippen LogP) is 2.44. The Morgan fingerprint density at radius 1 is 1.50 bits per heavy atom. The molecule has 0 saturated carbocycles. The third-order valence-electron chi connectivity index (χ3n) is 2.80. The van der Waals surface area contributed by atoms with Gasteiger partial charge in [-0.05, 0) is 6.92 Å². The maximum atomic E-state index is 4.61. The highest BCUT2D eigenvalue weighted by atomic mass is 32.2. The number of aromatic nitrogens is 2. The average Bonchev–Trinajstić information content (AvgIpc) is 2.70. The molecule has 1 aliphatic rings. The van der Waals surface area contributed by atoms with E-state index < -0.39 is 0 Å². The van der Waals surface area contributed by atoms with E-state index in [-0.39, 0.29) is 5.41 Å². The quantitative estimate of drug-likeness (QED) is 0.816. The monoisotopic (exact) mass is 239 g/mol.